The van der Waals surface area contributed by atoms with Crippen LogP contribution < -0.4 is 5.32 Å². The fourth-order valence-corrected chi connectivity index (χ4v) is 3.79. The number of hydrogen-bond donors (Lipinski definition) is 2. The summed E-state index contributed by atoms with van der Waals surface area (Å²) in [4.78, 5) is 23.8. The molecule has 0 saturated carbocycles. The lowest BCUT2D eigenvalue weighted by atomic mass is 9.98. The summed E-state index contributed by atoms with van der Waals surface area (Å²) >= 11 is 0. The fraction of sp³-hybridized carbons (Fsp3) is 0.130. The van der Waals surface area contributed by atoms with E-state index in [2.05, 4.69) is 5.32 Å². The number of anilines is 1. The van der Waals surface area contributed by atoms with Gasteiger partial charge in [0.1, 0.15) is 18.0 Å². The summed E-state index contributed by atoms with van der Waals surface area (Å²) in [7, 11) is 0. The molecule has 6 heteroatoms. The van der Waals surface area contributed by atoms with Gasteiger partial charge in [0.25, 0.3) is 0 Å². The lowest BCUT2D eigenvalue weighted by Crippen LogP contribution is -2.20. The van der Waals surface area contributed by atoms with E-state index in [1.165, 1.54) is 6.07 Å². The first-order chi connectivity index (χ1) is 14.0. The predicted molar refractivity (Wildman–Crippen MR) is 107 cm³/mol. The maximum atomic E-state index is 13.9. The zero-order chi connectivity index (χ0) is 20.5. The second-order valence-electron chi connectivity index (χ2n) is 6.87. The Hall–Kier alpha value is -3.67. The highest BCUT2D eigenvalue weighted by Gasteiger charge is 2.29. The number of carbonyl (C=O) groups excluding carboxylic acids is 1. The summed E-state index contributed by atoms with van der Waals surface area (Å²) in [6.07, 6.45) is -0.830. The number of hydrogen-bond acceptors (Lipinski definition) is 3. The summed E-state index contributed by atoms with van der Waals surface area (Å²) in [6, 6.07) is 18.3. The third-order valence-electron chi connectivity index (χ3n) is 5.15. The van der Waals surface area contributed by atoms with E-state index in [1.54, 1.807) is 6.92 Å². The molecule has 0 atom stereocenters. The molecule has 146 valence electrons. The lowest BCUT2D eigenvalue weighted by Gasteiger charge is -2.16. The Kier molecular flexibility index (Phi) is 4.76. The van der Waals surface area contributed by atoms with Crippen LogP contribution in [0.25, 0.3) is 11.1 Å². The van der Waals surface area contributed by atoms with Crippen molar-refractivity contribution in [3.63, 3.8) is 0 Å². The number of amides is 1. The Bertz CT molecular complexity index is 1080. The van der Waals surface area contributed by atoms with Crippen molar-refractivity contribution in [3.05, 3.63) is 88.7 Å². The van der Waals surface area contributed by atoms with Crippen LogP contribution >= 0.6 is 0 Å². The van der Waals surface area contributed by atoms with Crippen molar-refractivity contribution in [3.8, 4) is 11.1 Å². The van der Waals surface area contributed by atoms with Crippen molar-refractivity contribution in [2.45, 2.75) is 12.8 Å². The minimum Gasteiger partial charge on any atom is -0.478 e. The molecule has 0 fully saturated rings. The van der Waals surface area contributed by atoms with Crippen LogP contribution in [0.2, 0.25) is 0 Å². The number of ether oxygens (including phenoxy) is 1. The summed E-state index contributed by atoms with van der Waals surface area (Å²) in [5.41, 5.74) is 4.08. The molecule has 1 amide bonds. The Morgan fingerprint density at radius 1 is 1.00 bits per heavy atom. The highest BCUT2D eigenvalue weighted by Crippen LogP contribution is 2.44. The molecule has 3 aromatic rings. The van der Waals surface area contributed by atoms with Gasteiger partial charge in [-0.25, -0.2) is 14.0 Å². The second-order valence-corrected chi connectivity index (χ2v) is 6.87. The van der Waals surface area contributed by atoms with Gasteiger partial charge in [0.15, 0.2) is 0 Å². The van der Waals surface area contributed by atoms with Gasteiger partial charge in [-0.3, -0.25) is 5.32 Å². The molecule has 1 aliphatic carbocycles. The number of rotatable bonds is 4. The Morgan fingerprint density at radius 3 is 2.17 bits per heavy atom. The quantitative estimate of drug-likeness (QED) is 0.641. The molecular weight excluding hydrogens is 373 g/mol. The molecule has 1 aliphatic rings. The van der Waals surface area contributed by atoms with Gasteiger partial charge in [0.05, 0.1) is 5.69 Å². The van der Waals surface area contributed by atoms with Gasteiger partial charge in [-0.05, 0) is 40.8 Å². The first-order valence-electron chi connectivity index (χ1n) is 9.11. The summed E-state index contributed by atoms with van der Waals surface area (Å²) in [6.45, 7) is 1.67. The first-order valence-corrected chi connectivity index (χ1v) is 9.11. The highest BCUT2D eigenvalue weighted by molar-refractivity contribution is 6.00. The van der Waals surface area contributed by atoms with Crippen LogP contribution in [-0.2, 0) is 4.74 Å². The van der Waals surface area contributed by atoms with E-state index in [4.69, 9.17) is 4.74 Å². The number of benzene rings is 3. The first kappa shape index (κ1) is 18.7. The Balaban J connectivity index is 1.55. The summed E-state index contributed by atoms with van der Waals surface area (Å²) in [5, 5.41) is 11.7. The van der Waals surface area contributed by atoms with Gasteiger partial charge in [0, 0.05) is 5.92 Å². The van der Waals surface area contributed by atoms with Gasteiger partial charge in [-0.2, -0.15) is 0 Å². The summed E-state index contributed by atoms with van der Waals surface area (Å²) in [5.74, 6) is -2.50. The molecule has 0 spiro atoms. The van der Waals surface area contributed by atoms with E-state index in [9.17, 15) is 19.1 Å². The van der Waals surface area contributed by atoms with E-state index >= 15 is 0 Å². The predicted octanol–water partition coefficient (Wildman–Crippen LogP) is 5.19. The van der Waals surface area contributed by atoms with Gasteiger partial charge in [-0.1, -0.05) is 54.6 Å². The molecule has 0 aliphatic heterocycles. The van der Waals surface area contributed by atoms with Crippen LogP contribution in [-0.4, -0.2) is 23.8 Å². The van der Waals surface area contributed by atoms with Crippen LogP contribution in [0, 0.1) is 12.7 Å². The maximum Gasteiger partial charge on any atom is 0.411 e. The minimum atomic E-state index is -1.46. The number of aryl methyl sites for hydroxylation is 1. The number of halogens is 1. The van der Waals surface area contributed by atoms with Gasteiger partial charge < -0.3 is 9.84 Å². The van der Waals surface area contributed by atoms with Crippen molar-refractivity contribution in [1.29, 1.82) is 0 Å². The Labute approximate surface area is 166 Å². The van der Waals surface area contributed by atoms with Crippen LogP contribution in [0.5, 0.6) is 0 Å². The molecule has 2 N–H and O–H groups in total. The smallest absolute Gasteiger partial charge is 0.411 e. The zero-order valence-electron chi connectivity index (χ0n) is 15.6. The standard InChI is InChI=1S/C23H18FNO4/c1-13-10-11-19(24)20(22(26)27)21(13)25-23(28)29-12-18-16-8-4-2-6-14(16)15-7-3-5-9-17(15)18/h2-11,18H,12H2,1H3,(H,25,28)(H,26,27). The third-order valence-corrected chi connectivity index (χ3v) is 5.15. The molecule has 0 radical (unpaired) electrons. The molecule has 0 bridgehead atoms. The molecule has 3 aromatic carbocycles. The topological polar surface area (TPSA) is 75.6 Å². The van der Waals surface area contributed by atoms with Gasteiger partial charge in [0.2, 0.25) is 0 Å². The molecule has 4 rings (SSSR count). The molecule has 29 heavy (non-hydrogen) atoms. The summed E-state index contributed by atoms with van der Waals surface area (Å²) < 4.78 is 19.3. The highest BCUT2D eigenvalue weighted by atomic mass is 19.1. The second kappa shape index (κ2) is 7.39. The van der Waals surface area contributed by atoms with E-state index < -0.39 is 23.4 Å². The van der Waals surface area contributed by atoms with E-state index in [0.29, 0.717) is 5.56 Å². The van der Waals surface area contributed by atoms with Gasteiger partial charge >= 0.3 is 12.1 Å². The molecule has 0 heterocycles. The molecular formula is C23H18FNO4. The van der Waals surface area contributed by atoms with Gasteiger partial charge in [-0.15, -0.1) is 0 Å². The van der Waals surface area contributed by atoms with Crippen molar-refractivity contribution in [1.82, 2.24) is 0 Å². The largest absolute Gasteiger partial charge is 0.478 e. The number of carbonyl (C=O) groups is 2. The van der Waals surface area contributed by atoms with Crippen LogP contribution in [0.4, 0.5) is 14.9 Å². The average molecular weight is 391 g/mol. The van der Waals surface area contributed by atoms with E-state index in [-0.39, 0.29) is 18.2 Å². The van der Waals surface area contributed by atoms with Crippen molar-refractivity contribution < 1.29 is 23.8 Å². The number of aromatic carboxylic acids is 1. The fourth-order valence-electron chi connectivity index (χ4n) is 3.79. The Morgan fingerprint density at radius 2 is 1.59 bits per heavy atom. The van der Waals surface area contributed by atoms with Crippen molar-refractivity contribution in [2.24, 2.45) is 0 Å². The molecule has 0 aromatic heterocycles. The number of carboxylic acid groups (broad SMARTS) is 1. The van der Waals surface area contributed by atoms with Crippen LogP contribution in [0.15, 0.2) is 60.7 Å². The van der Waals surface area contributed by atoms with Crippen molar-refractivity contribution in [2.75, 3.05) is 11.9 Å². The van der Waals surface area contributed by atoms with Crippen LogP contribution in [0.1, 0.15) is 33.0 Å². The third kappa shape index (κ3) is 3.33. The van der Waals surface area contributed by atoms with E-state index in [0.717, 1.165) is 28.3 Å². The van der Waals surface area contributed by atoms with E-state index in [1.807, 2.05) is 48.5 Å². The molecule has 5 nitrogen and oxygen atoms in total. The molecule has 0 saturated heterocycles. The number of nitrogens with one attached hydrogen (secondary N) is 1. The van der Waals surface area contributed by atoms with Crippen LogP contribution in [0.3, 0.4) is 0 Å². The molecule has 0 unspecified atom stereocenters. The van der Waals surface area contributed by atoms with Crippen molar-refractivity contribution >= 4 is 17.7 Å². The maximum absolute atomic E-state index is 13.9. The normalized spacial score (nSPS) is 12.2. The number of fused-ring (bicyclic) bond motifs is 3. The number of carboxylic acids is 1. The lowest BCUT2D eigenvalue weighted by molar-refractivity contribution is 0.0693. The minimum absolute atomic E-state index is 0.0800. The zero-order valence-corrected chi connectivity index (χ0v) is 15.6. The average Bonchev–Trinajstić information content (AvgIpc) is 3.03. The monoisotopic (exact) mass is 391 g/mol. The SMILES string of the molecule is Cc1ccc(F)c(C(=O)O)c1NC(=O)OCC1c2ccccc2-c2ccccc21.